The van der Waals surface area contributed by atoms with E-state index in [4.69, 9.17) is 4.74 Å². The van der Waals surface area contributed by atoms with Crippen LogP contribution in [0, 0.1) is 0 Å². The molecule has 7 nitrogen and oxygen atoms in total. The van der Waals surface area contributed by atoms with E-state index in [2.05, 4.69) is 32.2 Å². The summed E-state index contributed by atoms with van der Waals surface area (Å²) >= 11 is 0. The summed E-state index contributed by atoms with van der Waals surface area (Å²) < 4.78 is 5.46. The molecule has 154 valence electrons. The summed E-state index contributed by atoms with van der Waals surface area (Å²) in [6.45, 7) is 5.64. The highest BCUT2D eigenvalue weighted by Crippen LogP contribution is 2.28. The van der Waals surface area contributed by atoms with E-state index in [9.17, 15) is 4.79 Å². The van der Waals surface area contributed by atoms with Gasteiger partial charge in [0.25, 0.3) is 0 Å². The minimum Gasteiger partial charge on any atom is -0.495 e. The van der Waals surface area contributed by atoms with Crippen molar-refractivity contribution in [2.45, 2.75) is 19.4 Å². The second-order valence-corrected chi connectivity index (χ2v) is 7.52. The molecule has 1 aromatic carbocycles. The lowest BCUT2D eigenvalue weighted by Gasteiger charge is -2.36. The third kappa shape index (κ3) is 4.55. The van der Waals surface area contributed by atoms with Crippen molar-refractivity contribution in [2.24, 2.45) is 0 Å². The summed E-state index contributed by atoms with van der Waals surface area (Å²) in [6.07, 6.45) is 4.29. The number of para-hydroxylation sites is 2. The summed E-state index contributed by atoms with van der Waals surface area (Å²) in [6, 6.07) is 12.1. The summed E-state index contributed by atoms with van der Waals surface area (Å²) in [4.78, 5) is 23.6. The molecule has 2 aliphatic heterocycles. The monoisotopic (exact) mass is 395 g/mol. The second-order valence-electron chi connectivity index (χ2n) is 7.52. The first-order valence-electron chi connectivity index (χ1n) is 10.4. The fourth-order valence-electron chi connectivity index (χ4n) is 4.02. The van der Waals surface area contributed by atoms with E-state index in [0.717, 1.165) is 49.0 Å². The van der Waals surface area contributed by atoms with E-state index in [1.54, 1.807) is 7.11 Å². The van der Waals surface area contributed by atoms with Crippen LogP contribution in [0.4, 0.5) is 16.3 Å². The van der Waals surface area contributed by atoms with Gasteiger partial charge in [0.15, 0.2) is 0 Å². The van der Waals surface area contributed by atoms with Gasteiger partial charge in [-0.15, -0.1) is 0 Å². The smallest absolute Gasteiger partial charge is 0.317 e. The van der Waals surface area contributed by atoms with E-state index in [0.29, 0.717) is 19.6 Å². The van der Waals surface area contributed by atoms with Gasteiger partial charge in [-0.3, -0.25) is 0 Å². The average Bonchev–Trinajstić information content (AvgIpc) is 3.33. The summed E-state index contributed by atoms with van der Waals surface area (Å²) in [5.41, 5.74) is 2.17. The fourth-order valence-corrected chi connectivity index (χ4v) is 4.02. The molecule has 29 heavy (non-hydrogen) atoms. The minimum absolute atomic E-state index is 0.00999. The lowest BCUT2D eigenvalue weighted by atomic mass is 10.2. The van der Waals surface area contributed by atoms with Gasteiger partial charge in [-0.25, -0.2) is 9.78 Å². The molecule has 2 saturated heterocycles. The van der Waals surface area contributed by atoms with Gasteiger partial charge in [-0.1, -0.05) is 12.1 Å². The largest absolute Gasteiger partial charge is 0.495 e. The zero-order valence-corrected chi connectivity index (χ0v) is 17.0. The molecule has 0 saturated carbocycles. The number of anilines is 2. The van der Waals surface area contributed by atoms with Gasteiger partial charge in [0.05, 0.1) is 12.8 Å². The zero-order valence-electron chi connectivity index (χ0n) is 17.0. The Bertz CT molecular complexity index is 829. The third-order valence-corrected chi connectivity index (χ3v) is 5.68. The molecular weight excluding hydrogens is 366 g/mol. The van der Waals surface area contributed by atoms with E-state index >= 15 is 0 Å². The third-order valence-electron chi connectivity index (χ3n) is 5.68. The van der Waals surface area contributed by atoms with Crippen LogP contribution >= 0.6 is 0 Å². The Balaban J connectivity index is 1.29. The van der Waals surface area contributed by atoms with Crippen molar-refractivity contribution in [2.75, 3.05) is 56.2 Å². The molecule has 4 rings (SSSR count). The molecule has 7 heteroatoms. The maximum absolute atomic E-state index is 12.6. The summed E-state index contributed by atoms with van der Waals surface area (Å²) in [5, 5.41) is 3.06. The van der Waals surface area contributed by atoms with Crippen molar-refractivity contribution in [3.8, 4) is 5.75 Å². The number of benzene rings is 1. The molecule has 0 unspecified atom stereocenters. The van der Waals surface area contributed by atoms with Crippen molar-refractivity contribution in [3.05, 3.63) is 48.2 Å². The Hall–Kier alpha value is -2.96. The molecule has 1 N–H and O–H groups in total. The topological polar surface area (TPSA) is 60.9 Å². The quantitative estimate of drug-likeness (QED) is 0.844. The van der Waals surface area contributed by atoms with Crippen LogP contribution in [-0.2, 0) is 6.54 Å². The Morgan fingerprint density at radius 2 is 1.79 bits per heavy atom. The average molecular weight is 396 g/mol. The van der Waals surface area contributed by atoms with Crippen LogP contribution in [-0.4, -0.2) is 62.3 Å². The molecule has 0 atom stereocenters. The fraction of sp³-hybridized carbons (Fsp3) is 0.455. The van der Waals surface area contributed by atoms with Crippen LogP contribution in [0.3, 0.4) is 0 Å². The van der Waals surface area contributed by atoms with Gasteiger partial charge < -0.3 is 24.8 Å². The minimum atomic E-state index is -0.00999. The number of hydrogen-bond donors (Lipinski definition) is 1. The first kappa shape index (κ1) is 19.4. The number of carbonyl (C=O) groups is 1. The Kier molecular flexibility index (Phi) is 6.03. The van der Waals surface area contributed by atoms with Crippen LogP contribution in [0.2, 0.25) is 0 Å². The highest BCUT2D eigenvalue weighted by atomic mass is 16.5. The van der Waals surface area contributed by atoms with Crippen LogP contribution in [0.15, 0.2) is 42.6 Å². The van der Waals surface area contributed by atoms with Gasteiger partial charge in [0.2, 0.25) is 0 Å². The molecule has 1 aromatic heterocycles. The van der Waals surface area contributed by atoms with Crippen LogP contribution in [0.25, 0.3) is 0 Å². The number of urea groups is 1. The number of nitrogens with zero attached hydrogens (tertiary/aromatic N) is 4. The molecule has 2 aliphatic rings. The Labute approximate surface area is 172 Å². The molecule has 0 aliphatic carbocycles. The first-order chi connectivity index (χ1) is 14.2. The maximum Gasteiger partial charge on any atom is 0.317 e. The van der Waals surface area contributed by atoms with Gasteiger partial charge >= 0.3 is 6.03 Å². The number of aromatic nitrogens is 1. The number of rotatable bonds is 5. The summed E-state index contributed by atoms with van der Waals surface area (Å²) in [5.74, 6) is 1.89. The molecule has 0 radical (unpaired) electrons. The Morgan fingerprint density at radius 1 is 1.03 bits per heavy atom. The van der Waals surface area contributed by atoms with Crippen molar-refractivity contribution in [3.63, 3.8) is 0 Å². The number of piperazine rings is 1. The maximum atomic E-state index is 12.6. The predicted octanol–water partition coefficient (Wildman–Crippen LogP) is 2.72. The number of ether oxygens (including phenoxy) is 1. The number of nitrogens with one attached hydrogen (secondary N) is 1. The molecule has 0 spiro atoms. The number of pyridine rings is 1. The van der Waals surface area contributed by atoms with Gasteiger partial charge in [-0.2, -0.15) is 0 Å². The van der Waals surface area contributed by atoms with Crippen molar-refractivity contribution in [1.82, 2.24) is 15.2 Å². The number of amides is 2. The van der Waals surface area contributed by atoms with E-state index in [1.165, 1.54) is 12.8 Å². The van der Waals surface area contributed by atoms with E-state index in [1.807, 2.05) is 35.4 Å². The zero-order chi connectivity index (χ0) is 20.1. The number of carbonyl (C=O) groups excluding carboxylic acids is 1. The van der Waals surface area contributed by atoms with Crippen LogP contribution < -0.4 is 19.9 Å². The molecule has 2 amide bonds. The highest BCUT2D eigenvalue weighted by molar-refractivity contribution is 5.74. The summed E-state index contributed by atoms with van der Waals surface area (Å²) in [7, 11) is 1.69. The molecule has 2 fully saturated rings. The van der Waals surface area contributed by atoms with Gasteiger partial charge in [0, 0.05) is 52.0 Å². The predicted molar refractivity (Wildman–Crippen MR) is 115 cm³/mol. The molecule has 0 bridgehead atoms. The normalized spacial score (nSPS) is 16.8. The van der Waals surface area contributed by atoms with Gasteiger partial charge in [0.1, 0.15) is 11.6 Å². The number of hydrogen-bond acceptors (Lipinski definition) is 5. The molecular formula is C22H29N5O2. The molecule has 2 aromatic rings. The lowest BCUT2D eigenvalue weighted by Crippen LogP contribution is -2.51. The first-order valence-corrected chi connectivity index (χ1v) is 10.4. The SMILES string of the molecule is COc1ccccc1N1CCN(C(=O)NCc2ccnc(N3CCCC3)c2)CC1. The van der Waals surface area contributed by atoms with Crippen molar-refractivity contribution < 1.29 is 9.53 Å². The van der Waals surface area contributed by atoms with E-state index < -0.39 is 0 Å². The molecule has 3 heterocycles. The Morgan fingerprint density at radius 3 is 2.55 bits per heavy atom. The standard InChI is InChI=1S/C22H29N5O2/c1-29-20-7-3-2-6-19(20)25-12-14-27(15-13-25)22(28)24-17-18-8-9-23-21(16-18)26-10-4-5-11-26/h2-3,6-9,16H,4-5,10-15,17H2,1H3,(H,24,28). The lowest BCUT2D eigenvalue weighted by molar-refractivity contribution is 0.194. The number of methoxy groups -OCH3 is 1. The van der Waals surface area contributed by atoms with E-state index in [-0.39, 0.29) is 6.03 Å². The van der Waals surface area contributed by atoms with Crippen LogP contribution in [0.1, 0.15) is 18.4 Å². The van der Waals surface area contributed by atoms with Gasteiger partial charge in [-0.05, 0) is 42.7 Å². The van der Waals surface area contributed by atoms with Crippen molar-refractivity contribution >= 4 is 17.5 Å². The second kappa shape index (κ2) is 9.03. The van der Waals surface area contributed by atoms with Crippen molar-refractivity contribution in [1.29, 1.82) is 0 Å². The van der Waals surface area contributed by atoms with Crippen LogP contribution in [0.5, 0.6) is 5.75 Å². The highest BCUT2D eigenvalue weighted by Gasteiger charge is 2.22.